The van der Waals surface area contributed by atoms with E-state index in [2.05, 4.69) is 4.90 Å². The highest BCUT2D eigenvalue weighted by molar-refractivity contribution is 6.05. The van der Waals surface area contributed by atoms with Gasteiger partial charge in [-0.2, -0.15) is 13.2 Å². The maximum absolute atomic E-state index is 13.4. The van der Waals surface area contributed by atoms with Gasteiger partial charge in [0.15, 0.2) is 0 Å². The Morgan fingerprint density at radius 1 is 1.17 bits per heavy atom. The van der Waals surface area contributed by atoms with Gasteiger partial charge >= 0.3 is 12.1 Å². The lowest BCUT2D eigenvalue weighted by molar-refractivity contribution is -0.254. The molecule has 1 saturated heterocycles. The molecule has 10 heteroatoms. The topological polar surface area (TPSA) is 76.2 Å². The van der Waals surface area contributed by atoms with Crippen molar-refractivity contribution in [2.75, 3.05) is 56.7 Å². The van der Waals surface area contributed by atoms with Crippen molar-refractivity contribution in [1.82, 2.24) is 4.90 Å². The number of carboxylic acid groups (broad SMARTS) is 1. The summed E-state index contributed by atoms with van der Waals surface area (Å²) in [6.07, 6.45) is -5.20. The van der Waals surface area contributed by atoms with Gasteiger partial charge in [-0.15, -0.1) is 0 Å². The highest BCUT2D eigenvalue weighted by Gasteiger charge is 2.48. The van der Waals surface area contributed by atoms with Gasteiger partial charge in [0.2, 0.25) is 0 Å². The maximum atomic E-state index is 13.4. The van der Waals surface area contributed by atoms with Crippen LogP contribution in [0.2, 0.25) is 0 Å². The average Bonchev–Trinajstić information content (AvgIpc) is 2.61. The standard InChI is InChI=1S/C19H26F3N3O4/c1-18(2,12-29-4)25(17(28)19(20,21)22)15-11-13(5-6-14(15)16(26)27)24-9-7-23(3)8-10-24/h5-6,11H,7-10,12H2,1-4H3,(H,26,27)/p-1. The predicted molar refractivity (Wildman–Crippen MR) is 100.0 cm³/mol. The molecule has 29 heavy (non-hydrogen) atoms. The van der Waals surface area contributed by atoms with Crippen LogP contribution in [0.4, 0.5) is 24.5 Å². The summed E-state index contributed by atoms with van der Waals surface area (Å²) in [5.41, 5.74) is -1.80. The molecule has 0 aliphatic carbocycles. The first-order chi connectivity index (χ1) is 13.4. The Bertz CT molecular complexity index is 760. The number of ether oxygens (including phenoxy) is 1. The number of nitrogens with zero attached hydrogens (tertiary/aromatic N) is 3. The van der Waals surface area contributed by atoms with Gasteiger partial charge in [0.1, 0.15) is 0 Å². The second-order valence-electron chi connectivity index (χ2n) is 7.66. The lowest BCUT2D eigenvalue weighted by Crippen LogP contribution is -2.56. The minimum absolute atomic E-state index is 0.236. The fourth-order valence-electron chi connectivity index (χ4n) is 3.39. The van der Waals surface area contributed by atoms with E-state index in [0.717, 1.165) is 13.1 Å². The predicted octanol–water partition coefficient (Wildman–Crippen LogP) is 1.12. The molecule has 1 aliphatic rings. The van der Waals surface area contributed by atoms with Crippen molar-refractivity contribution in [2.45, 2.75) is 25.6 Å². The molecule has 7 nitrogen and oxygen atoms in total. The Morgan fingerprint density at radius 3 is 2.24 bits per heavy atom. The van der Waals surface area contributed by atoms with E-state index >= 15 is 0 Å². The second kappa shape index (κ2) is 8.58. The van der Waals surface area contributed by atoms with Gasteiger partial charge in [-0.3, -0.25) is 9.69 Å². The van der Waals surface area contributed by atoms with Crippen LogP contribution in [0.1, 0.15) is 24.2 Å². The quantitative estimate of drug-likeness (QED) is 0.692. The summed E-state index contributed by atoms with van der Waals surface area (Å²) in [6, 6.07) is 3.99. The Labute approximate surface area is 167 Å². The number of piperazine rings is 1. The van der Waals surface area contributed by atoms with Crippen LogP contribution in [0, 0.1) is 0 Å². The van der Waals surface area contributed by atoms with E-state index in [1.807, 2.05) is 11.9 Å². The third kappa shape index (κ3) is 5.18. The van der Waals surface area contributed by atoms with Crippen LogP contribution >= 0.6 is 0 Å². The van der Waals surface area contributed by atoms with Crippen molar-refractivity contribution in [1.29, 1.82) is 0 Å². The Hall–Kier alpha value is -2.33. The van der Waals surface area contributed by atoms with Crippen molar-refractivity contribution < 1.29 is 32.6 Å². The molecule has 0 bridgehead atoms. The van der Waals surface area contributed by atoms with Gasteiger partial charge in [0.25, 0.3) is 0 Å². The summed E-state index contributed by atoms with van der Waals surface area (Å²) >= 11 is 0. The number of amides is 1. The summed E-state index contributed by atoms with van der Waals surface area (Å²) in [5.74, 6) is -3.84. The van der Waals surface area contributed by atoms with Crippen molar-refractivity contribution in [2.24, 2.45) is 0 Å². The number of methoxy groups -OCH3 is 1. The maximum Gasteiger partial charge on any atom is 0.471 e. The van der Waals surface area contributed by atoms with Gasteiger partial charge < -0.3 is 24.4 Å². The summed E-state index contributed by atoms with van der Waals surface area (Å²) in [5, 5.41) is 11.6. The highest BCUT2D eigenvalue weighted by atomic mass is 19.4. The van der Waals surface area contributed by atoms with E-state index in [4.69, 9.17) is 4.74 Å². The average molecular weight is 416 g/mol. The minimum atomic E-state index is -5.20. The monoisotopic (exact) mass is 416 g/mol. The molecule has 162 valence electrons. The first-order valence-electron chi connectivity index (χ1n) is 9.07. The molecular formula is C19H25F3N3O4-. The van der Waals surface area contributed by atoms with E-state index in [9.17, 15) is 27.9 Å². The van der Waals surface area contributed by atoms with E-state index < -0.39 is 29.2 Å². The number of alkyl halides is 3. The molecule has 0 saturated carbocycles. The Morgan fingerprint density at radius 2 is 1.76 bits per heavy atom. The number of hydrogen-bond acceptors (Lipinski definition) is 6. The van der Waals surface area contributed by atoms with E-state index in [1.165, 1.54) is 39.2 Å². The molecular weight excluding hydrogens is 391 g/mol. The van der Waals surface area contributed by atoms with E-state index in [-0.39, 0.29) is 12.3 Å². The van der Waals surface area contributed by atoms with Crippen LogP contribution in [-0.2, 0) is 9.53 Å². The number of halogens is 3. The number of benzene rings is 1. The first kappa shape index (κ1) is 23.0. The van der Waals surface area contributed by atoms with Crippen LogP contribution in [0.15, 0.2) is 18.2 Å². The van der Waals surface area contributed by atoms with E-state index in [1.54, 1.807) is 0 Å². The van der Waals surface area contributed by atoms with Crippen molar-refractivity contribution >= 4 is 23.3 Å². The zero-order chi connectivity index (χ0) is 22.0. The minimum Gasteiger partial charge on any atom is -0.545 e. The SMILES string of the molecule is COCC(C)(C)N(C(=O)C(F)(F)F)c1cc(N2CCN(C)CC2)ccc1C(=O)[O-]. The molecule has 1 amide bonds. The van der Waals surface area contributed by atoms with Crippen LogP contribution in [0.25, 0.3) is 0 Å². The van der Waals surface area contributed by atoms with Crippen LogP contribution in [-0.4, -0.2) is 75.4 Å². The third-order valence-corrected chi connectivity index (χ3v) is 4.86. The molecule has 1 aromatic carbocycles. The van der Waals surface area contributed by atoms with Gasteiger partial charge in [-0.05, 0) is 39.1 Å². The molecule has 1 heterocycles. The molecule has 0 spiro atoms. The Kier molecular flexibility index (Phi) is 6.79. The molecule has 0 aromatic heterocycles. The number of anilines is 2. The van der Waals surface area contributed by atoms with Crippen molar-refractivity contribution in [3.05, 3.63) is 23.8 Å². The smallest absolute Gasteiger partial charge is 0.471 e. The molecule has 0 atom stereocenters. The second-order valence-corrected chi connectivity index (χ2v) is 7.66. The zero-order valence-electron chi connectivity index (χ0n) is 16.9. The molecule has 1 aliphatic heterocycles. The molecule has 0 radical (unpaired) electrons. The molecule has 2 rings (SSSR count). The summed E-state index contributed by atoms with van der Waals surface area (Å²) in [7, 11) is 3.25. The Balaban J connectivity index is 2.61. The summed E-state index contributed by atoms with van der Waals surface area (Å²) in [4.78, 5) is 28.4. The van der Waals surface area contributed by atoms with E-state index in [0.29, 0.717) is 23.7 Å². The first-order valence-corrected chi connectivity index (χ1v) is 9.07. The lowest BCUT2D eigenvalue weighted by Gasteiger charge is -2.40. The van der Waals surface area contributed by atoms with Crippen molar-refractivity contribution in [3.63, 3.8) is 0 Å². The largest absolute Gasteiger partial charge is 0.545 e. The van der Waals surface area contributed by atoms with Crippen LogP contribution in [0.3, 0.4) is 0 Å². The number of carbonyl (C=O) groups excluding carboxylic acids is 2. The van der Waals surface area contributed by atoms with Gasteiger partial charge in [-0.1, -0.05) is 0 Å². The number of likely N-dealkylation sites (N-methyl/N-ethyl adjacent to an activating group) is 1. The van der Waals surface area contributed by atoms with Crippen LogP contribution < -0.4 is 14.9 Å². The highest BCUT2D eigenvalue weighted by Crippen LogP contribution is 2.35. The molecule has 0 unspecified atom stereocenters. The lowest BCUT2D eigenvalue weighted by atomic mass is 9.99. The third-order valence-electron chi connectivity index (χ3n) is 4.86. The summed E-state index contributed by atoms with van der Waals surface area (Å²) in [6.45, 7) is 5.25. The molecule has 1 fully saturated rings. The fourth-order valence-corrected chi connectivity index (χ4v) is 3.39. The van der Waals surface area contributed by atoms with Crippen molar-refractivity contribution in [3.8, 4) is 0 Å². The number of carboxylic acids is 1. The van der Waals surface area contributed by atoms with Gasteiger partial charge in [-0.25, -0.2) is 0 Å². The number of rotatable bonds is 6. The number of hydrogen-bond donors (Lipinski definition) is 0. The number of carbonyl (C=O) groups is 2. The molecule has 1 aromatic rings. The van der Waals surface area contributed by atoms with Gasteiger partial charge in [0.05, 0.1) is 23.8 Å². The zero-order valence-corrected chi connectivity index (χ0v) is 16.9. The number of aromatic carboxylic acids is 1. The molecule has 0 N–H and O–H groups in total. The fraction of sp³-hybridized carbons (Fsp3) is 0.579. The van der Waals surface area contributed by atoms with Crippen LogP contribution in [0.5, 0.6) is 0 Å². The summed E-state index contributed by atoms with van der Waals surface area (Å²) < 4.78 is 45.1. The normalized spacial score (nSPS) is 16.0. The van der Waals surface area contributed by atoms with Gasteiger partial charge in [0, 0.05) is 44.5 Å².